The first-order valence-corrected chi connectivity index (χ1v) is 5.07. The Labute approximate surface area is 104 Å². The zero-order valence-electron chi connectivity index (χ0n) is 9.73. The average molecular weight is 288 g/mol. The summed E-state index contributed by atoms with van der Waals surface area (Å²) in [5, 5.41) is 0. The van der Waals surface area contributed by atoms with Crippen molar-refractivity contribution in [3.63, 3.8) is 0 Å². The summed E-state index contributed by atoms with van der Waals surface area (Å²) >= 11 is 0. The van der Waals surface area contributed by atoms with Crippen molar-refractivity contribution in [1.29, 1.82) is 0 Å². The van der Waals surface area contributed by atoms with Crippen molar-refractivity contribution >= 4 is 0 Å². The van der Waals surface area contributed by atoms with Gasteiger partial charge >= 0.3 is 12.4 Å². The van der Waals surface area contributed by atoms with E-state index in [1.165, 1.54) is 19.1 Å². The summed E-state index contributed by atoms with van der Waals surface area (Å²) in [6.07, 6.45) is -9.16. The molecule has 108 valence electrons. The third-order valence-electron chi connectivity index (χ3n) is 1.95. The predicted octanol–water partition coefficient (Wildman–Crippen LogP) is 3.88. The standard InChI is InChI=1S/C11H10F6O2/c1-7-3-2-4-8(18-5-10(12,13)14)9(7)19-6-11(15,16)17/h2-4H,5-6H2,1H3. The number of rotatable bonds is 4. The lowest BCUT2D eigenvalue weighted by atomic mass is 10.2. The summed E-state index contributed by atoms with van der Waals surface area (Å²) in [5.41, 5.74) is 0.254. The molecule has 1 aromatic carbocycles. The van der Waals surface area contributed by atoms with Gasteiger partial charge in [-0.2, -0.15) is 26.3 Å². The van der Waals surface area contributed by atoms with Gasteiger partial charge in [0.1, 0.15) is 0 Å². The van der Waals surface area contributed by atoms with E-state index in [4.69, 9.17) is 0 Å². The van der Waals surface area contributed by atoms with Crippen LogP contribution >= 0.6 is 0 Å². The second-order valence-corrected chi connectivity index (χ2v) is 3.71. The van der Waals surface area contributed by atoms with Gasteiger partial charge in [-0.3, -0.25) is 0 Å². The molecule has 0 fully saturated rings. The largest absolute Gasteiger partial charge is 0.480 e. The molecule has 0 atom stereocenters. The molecule has 0 amide bonds. The Morgan fingerprint density at radius 2 is 1.42 bits per heavy atom. The van der Waals surface area contributed by atoms with Crippen LogP contribution in [0.15, 0.2) is 18.2 Å². The van der Waals surface area contributed by atoms with Crippen LogP contribution in [0, 0.1) is 6.92 Å². The van der Waals surface area contributed by atoms with Crippen molar-refractivity contribution in [3.8, 4) is 11.5 Å². The summed E-state index contributed by atoms with van der Waals surface area (Å²) in [6, 6.07) is 3.89. The van der Waals surface area contributed by atoms with Crippen LogP contribution in [0.2, 0.25) is 0 Å². The first kappa shape index (κ1) is 15.5. The van der Waals surface area contributed by atoms with Gasteiger partial charge in [-0.25, -0.2) is 0 Å². The summed E-state index contributed by atoms with van der Waals surface area (Å²) in [7, 11) is 0. The lowest BCUT2D eigenvalue weighted by molar-refractivity contribution is -0.158. The fourth-order valence-corrected chi connectivity index (χ4v) is 1.24. The number of aryl methyl sites for hydroxylation is 1. The van der Waals surface area contributed by atoms with E-state index in [-0.39, 0.29) is 17.1 Å². The number of ether oxygens (including phenoxy) is 2. The van der Waals surface area contributed by atoms with Crippen LogP contribution in [0.4, 0.5) is 26.3 Å². The maximum absolute atomic E-state index is 12.0. The minimum atomic E-state index is -4.58. The lowest BCUT2D eigenvalue weighted by Crippen LogP contribution is -2.22. The molecule has 19 heavy (non-hydrogen) atoms. The van der Waals surface area contributed by atoms with E-state index in [1.807, 2.05) is 0 Å². The molecular formula is C11H10F6O2. The number of alkyl halides is 6. The fraction of sp³-hybridized carbons (Fsp3) is 0.455. The molecule has 0 aliphatic carbocycles. The molecule has 0 saturated carbocycles. The third kappa shape index (κ3) is 5.71. The van der Waals surface area contributed by atoms with Gasteiger partial charge < -0.3 is 9.47 Å². The highest BCUT2D eigenvalue weighted by Crippen LogP contribution is 2.33. The van der Waals surface area contributed by atoms with E-state index in [1.54, 1.807) is 0 Å². The minimum Gasteiger partial charge on any atom is -0.480 e. The van der Waals surface area contributed by atoms with Crippen LogP contribution in [-0.2, 0) is 0 Å². The predicted molar refractivity (Wildman–Crippen MR) is 54.3 cm³/mol. The normalized spacial score (nSPS) is 12.4. The van der Waals surface area contributed by atoms with Crippen LogP contribution in [0.5, 0.6) is 11.5 Å². The zero-order chi connectivity index (χ0) is 14.7. The highest BCUT2D eigenvalue weighted by atomic mass is 19.4. The van der Waals surface area contributed by atoms with Crippen molar-refractivity contribution in [3.05, 3.63) is 23.8 Å². The van der Waals surface area contributed by atoms with Gasteiger partial charge in [-0.1, -0.05) is 12.1 Å². The molecule has 0 aromatic heterocycles. The van der Waals surface area contributed by atoms with Gasteiger partial charge in [-0.05, 0) is 18.6 Å². The topological polar surface area (TPSA) is 18.5 Å². The molecule has 2 nitrogen and oxygen atoms in total. The van der Waals surface area contributed by atoms with Crippen LogP contribution in [0.1, 0.15) is 5.56 Å². The molecule has 0 bridgehead atoms. The maximum Gasteiger partial charge on any atom is 0.422 e. The quantitative estimate of drug-likeness (QED) is 0.783. The average Bonchev–Trinajstić information content (AvgIpc) is 2.22. The monoisotopic (exact) mass is 288 g/mol. The van der Waals surface area contributed by atoms with Crippen molar-refractivity contribution in [2.24, 2.45) is 0 Å². The Hall–Kier alpha value is -1.60. The number of hydrogen-bond acceptors (Lipinski definition) is 2. The summed E-state index contributed by atoms with van der Waals surface area (Å²) in [6.45, 7) is -1.79. The van der Waals surface area contributed by atoms with Crippen molar-refractivity contribution in [2.45, 2.75) is 19.3 Å². The fourth-order valence-electron chi connectivity index (χ4n) is 1.24. The van der Waals surface area contributed by atoms with Crippen LogP contribution in [-0.4, -0.2) is 25.6 Å². The molecule has 0 radical (unpaired) electrons. The molecule has 1 aromatic rings. The smallest absolute Gasteiger partial charge is 0.422 e. The van der Waals surface area contributed by atoms with E-state index in [2.05, 4.69) is 9.47 Å². The number of para-hydroxylation sites is 1. The highest BCUT2D eigenvalue weighted by molar-refractivity contribution is 5.45. The molecule has 8 heteroatoms. The van der Waals surface area contributed by atoms with Crippen LogP contribution in [0.3, 0.4) is 0 Å². The first-order chi connectivity index (χ1) is 8.58. The Kier molecular flexibility index (Phi) is 4.54. The van der Waals surface area contributed by atoms with E-state index in [0.717, 1.165) is 6.07 Å². The molecule has 0 saturated heterocycles. The van der Waals surface area contributed by atoms with E-state index in [9.17, 15) is 26.3 Å². The van der Waals surface area contributed by atoms with Crippen molar-refractivity contribution < 1.29 is 35.8 Å². The minimum absolute atomic E-state index is 0.254. The van der Waals surface area contributed by atoms with Gasteiger partial charge in [0.15, 0.2) is 24.7 Å². The second-order valence-electron chi connectivity index (χ2n) is 3.71. The zero-order valence-corrected chi connectivity index (χ0v) is 9.73. The lowest BCUT2D eigenvalue weighted by Gasteiger charge is -2.16. The van der Waals surface area contributed by atoms with Crippen LogP contribution in [0.25, 0.3) is 0 Å². The van der Waals surface area contributed by atoms with Gasteiger partial charge in [0.2, 0.25) is 0 Å². The van der Waals surface area contributed by atoms with Gasteiger partial charge in [-0.15, -0.1) is 0 Å². The third-order valence-corrected chi connectivity index (χ3v) is 1.95. The Morgan fingerprint density at radius 3 is 1.95 bits per heavy atom. The first-order valence-electron chi connectivity index (χ1n) is 5.07. The molecular weight excluding hydrogens is 278 g/mol. The molecule has 0 unspecified atom stereocenters. The van der Waals surface area contributed by atoms with E-state index < -0.39 is 25.6 Å². The number of hydrogen-bond donors (Lipinski definition) is 0. The number of halogens is 6. The van der Waals surface area contributed by atoms with Gasteiger partial charge in [0.05, 0.1) is 0 Å². The maximum atomic E-state index is 12.0. The molecule has 0 aliphatic heterocycles. The summed E-state index contributed by atoms with van der Waals surface area (Å²) in [4.78, 5) is 0. The Balaban J connectivity index is 2.83. The molecule has 0 N–H and O–H groups in total. The second kappa shape index (κ2) is 5.58. The van der Waals surface area contributed by atoms with Gasteiger partial charge in [0, 0.05) is 0 Å². The number of benzene rings is 1. The molecule has 0 heterocycles. The van der Waals surface area contributed by atoms with Gasteiger partial charge in [0.25, 0.3) is 0 Å². The Morgan fingerprint density at radius 1 is 0.895 bits per heavy atom. The van der Waals surface area contributed by atoms with E-state index >= 15 is 0 Å². The van der Waals surface area contributed by atoms with E-state index in [0.29, 0.717) is 0 Å². The highest BCUT2D eigenvalue weighted by Gasteiger charge is 2.31. The SMILES string of the molecule is Cc1cccc(OCC(F)(F)F)c1OCC(F)(F)F. The van der Waals surface area contributed by atoms with Crippen molar-refractivity contribution in [1.82, 2.24) is 0 Å². The Bertz CT molecular complexity index is 424. The summed E-state index contributed by atoms with van der Waals surface area (Å²) < 4.78 is 81.0. The molecule has 0 aliphatic rings. The molecule has 1 rings (SSSR count). The van der Waals surface area contributed by atoms with Crippen LogP contribution < -0.4 is 9.47 Å². The summed E-state index contributed by atoms with van der Waals surface area (Å²) in [5.74, 6) is -0.717. The van der Waals surface area contributed by atoms with Crippen molar-refractivity contribution in [2.75, 3.05) is 13.2 Å². The molecule has 0 spiro atoms.